The van der Waals surface area contributed by atoms with E-state index in [9.17, 15) is 14.4 Å². The average Bonchev–Trinajstić information content (AvgIpc) is 2.65. The second-order valence-electron chi connectivity index (χ2n) is 7.95. The third-order valence-corrected chi connectivity index (χ3v) is 4.18. The van der Waals surface area contributed by atoms with E-state index in [1.54, 1.807) is 43.3 Å². The standard InChI is InChI=1S/C23H28N2O5/c1-15(30-20-11-9-17(10-12-20)23(3,4)5)22(28)29-14-21(27)25-19-8-6-7-18(13-19)24-16(2)26/h6-13,15H,14H2,1-5H3,(H,24,26)(H,25,27)/t15-/m0/s1. The Kier molecular flexibility index (Phi) is 7.58. The van der Waals surface area contributed by atoms with Gasteiger partial charge in [0.15, 0.2) is 12.7 Å². The predicted molar refractivity (Wildman–Crippen MR) is 116 cm³/mol. The van der Waals surface area contributed by atoms with Gasteiger partial charge in [-0.2, -0.15) is 0 Å². The zero-order valence-electron chi connectivity index (χ0n) is 17.9. The Morgan fingerprint density at radius 3 is 2.13 bits per heavy atom. The summed E-state index contributed by atoms with van der Waals surface area (Å²) in [6.07, 6.45) is -0.860. The van der Waals surface area contributed by atoms with E-state index in [1.165, 1.54) is 6.92 Å². The molecule has 0 radical (unpaired) electrons. The number of hydrogen-bond donors (Lipinski definition) is 2. The summed E-state index contributed by atoms with van der Waals surface area (Å²) >= 11 is 0. The smallest absolute Gasteiger partial charge is 0.347 e. The first-order chi connectivity index (χ1) is 14.0. The van der Waals surface area contributed by atoms with E-state index in [2.05, 4.69) is 31.4 Å². The lowest BCUT2D eigenvalue weighted by molar-refractivity contribution is -0.153. The molecule has 2 rings (SSSR count). The summed E-state index contributed by atoms with van der Waals surface area (Å²) < 4.78 is 10.6. The van der Waals surface area contributed by atoms with Crippen LogP contribution in [0.5, 0.6) is 5.75 Å². The van der Waals surface area contributed by atoms with Crippen molar-refractivity contribution in [2.24, 2.45) is 0 Å². The van der Waals surface area contributed by atoms with Gasteiger partial charge in [0.05, 0.1) is 0 Å². The fraction of sp³-hybridized carbons (Fsp3) is 0.348. The molecule has 0 unspecified atom stereocenters. The highest BCUT2D eigenvalue weighted by atomic mass is 16.6. The van der Waals surface area contributed by atoms with E-state index >= 15 is 0 Å². The van der Waals surface area contributed by atoms with Crippen molar-refractivity contribution in [3.63, 3.8) is 0 Å². The molecule has 2 aromatic rings. The summed E-state index contributed by atoms with van der Waals surface area (Å²) in [7, 11) is 0. The summed E-state index contributed by atoms with van der Waals surface area (Å²) in [4.78, 5) is 35.3. The lowest BCUT2D eigenvalue weighted by Crippen LogP contribution is -2.29. The van der Waals surface area contributed by atoms with E-state index in [-0.39, 0.29) is 11.3 Å². The molecule has 7 nitrogen and oxygen atoms in total. The lowest BCUT2D eigenvalue weighted by Gasteiger charge is -2.20. The molecular formula is C23H28N2O5. The van der Waals surface area contributed by atoms with Crippen LogP contribution in [-0.4, -0.2) is 30.5 Å². The first kappa shape index (κ1) is 22.9. The minimum absolute atomic E-state index is 0.0259. The monoisotopic (exact) mass is 412 g/mol. The molecular weight excluding hydrogens is 384 g/mol. The van der Waals surface area contributed by atoms with Crippen molar-refractivity contribution in [2.75, 3.05) is 17.2 Å². The van der Waals surface area contributed by atoms with Crippen LogP contribution in [0.2, 0.25) is 0 Å². The third kappa shape index (κ3) is 7.24. The Bertz CT molecular complexity index is 901. The topological polar surface area (TPSA) is 93.7 Å². The Morgan fingerprint density at radius 1 is 0.967 bits per heavy atom. The molecule has 0 heterocycles. The number of nitrogens with one attached hydrogen (secondary N) is 2. The van der Waals surface area contributed by atoms with Crippen LogP contribution >= 0.6 is 0 Å². The Labute approximate surface area is 176 Å². The Morgan fingerprint density at radius 2 is 1.57 bits per heavy atom. The second-order valence-corrected chi connectivity index (χ2v) is 7.95. The van der Waals surface area contributed by atoms with Crippen molar-refractivity contribution in [2.45, 2.75) is 46.1 Å². The summed E-state index contributed by atoms with van der Waals surface area (Å²) in [6, 6.07) is 14.2. The van der Waals surface area contributed by atoms with Crippen molar-refractivity contribution < 1.29 is 23.9 Å². The molecule has 2 amide bonds. The summed E-state index contributed by atoms with van der Waals surface area (Å²) in [6.45, 7) is 8.86. The molecule has 30 heavy (non-hydrogen) atoms. The lowest BCUT2D eigenvalue weighted by atomic mass is 9.87. The maximum atomic E-state index is 12.1. The van der Waals surface area contributed by atoms with Gasteiger partial charge < -0.3 is 20.1 Å². The quantitative estimate of drug-likeness (QED) is 0.673. The predicted octanol–water partition coefficient (Wildman–Crippen LogP) is 3.89. The number of carbonyl (C=O) groups excluding carboxylic acids is 3. The molecule has 0 bridgehead atoms. The summed E-state index contributed by atoms with van der Waals surface area (Å²) in [5.41, 5.74) is 2.21. The molecule has 0 aliphatic carbocycles. The number of ether oxygens (including phenoxy) is 2. The normalized spacial score (nSPS) is 11.9. The van der Waals surface area contributed by atoms with Gasteiger partial charge in [0.2, 0.25) is 5.91 Å². The molecule has 0 aliphatic rings. The molecule has 0 fully saturated rings. The SMILES string of the molecule is CC(=O)Nc1cccc(NC(=O)COC(=O)[C@H](C)Oc2ccc(C(C)(C)C)cc2)c1. The highest BCUT2D eigenvalue weighted by Crippen LogP contribution is 2.24. The van der Waals surface area contributed by atoms with Gasteiger partial charge in [0.1, 0.15) is 5.75 Å². The highest BCUT2D eigenvalue weighted by Gasteiger charge is 2.19. The van der Waals surface area contributed by atoms with Crippen molar-refractivity contribution in [1.29, 1.82) is 0 Å². The van der Waals surface area contributed by atoms with Gasteiger partial charge in [-0.05, 0) is 48.2 Å². The maximum absolute atomic E-state index is 12.1. The molecule has 0 saturated carbocycles. The molecule has 1 atom stereocenters. The van der Waals surface area contributed by atoms with Crippen LogP contribution in [0.1, 0.15) is 40.2 Å². The fourth-order valence-electron chi connectivity index (χ4n) is 2.61. The molecule has 0 spiro atoms. The molecule has 160 valence electrons. The van der Waals surface area contributed by atoms with E-state index in [0.29, 0.717) is 17.1 Å². The van der Waals surface area contributed by atoms with Crippen LogP contribution in [0, 0.1) is 0 Å². The number of amides is 2. The molecule has 0 aliphatic heterocycles. The first-order valence-corrected chi connectivity index (χ1v) is 9.66. The van der Waals surface area contributed by atoms with Crippen LogP contribution in [0.25, 0.3) is 0 Å². The van der Waals surface area contributed by atoms with Gasteiger partial charge >= 0.3 is 5.97 Å². The molecule has 7 heteroatoms. The van der Waals surface area contributed by atoms with Gasteiger partial charge in [-0.3, -0.25) is 9.59 Å². The van der Waals surface area contributed by atoms with Gasteiger partial charge in [-0.25, -0.2) is 4.79 Å². The van der Waals surface area contributed by atoms with Gasteiger partial charge in [0, 0.05) is 18.3 Å². The van der Waals surface area contributed by atoms with Gasteiger partial charge in [-0.1, -0.05) is 39.0 Å². The van der Waals surface area contributed by atoms with E-state index in [4.69, 9.17) is 9.47 Å². The highest BCUT2D eigenvalue weighted by molar-refractivity contribution is 5.94. The van der Waals surface area contributed by atoms with E-state index in [1.807, 2.05) is 12.1 Å². The zero-order valence-corrected chi connectivity index (χ0v) is 17.9. The van der Waals surface area contributed by atoms with Crippen molar-refractivity contribution in [3.05, 3.63) is 54.1 Å². The van der Waals surface area contributed by atoms with E-state index in [0.717, 1.165) is 5.56 Å². The zero-order chi connectivity index (χ0) is 22.3. The minimum atomic E-state index is -0.860. The summed E-state index contributed by atoms with van der Waals surface area (Å²) in [5.74, 6) is -0.803. The van der Waals surface area contributed by atoms with Crippen molar-refractivity contribution >= 4 is 29.2 Å². The van der Waals surface area contributed by atoms with Crippen LogP contribution in [0.3, 0.4) is 0 Å². The minimum Gasteiger partial charge on any atom is -0.479 e. The van der Waals surface area contributed by atoms with Crippen molar-refractivity contribution in [3.8, 4) is 5.75 Å². The first-order valence-electron chi connectivity index (χ1n) is 9.66. The second kappa shape index (κ2) is 9.91. The molecule has 0 saturated heterocycles. The number of anilines is 2. The molecule has 2 aromatic carbocycles. The summed E-state index contributed by atoms with van der Waals surface area (Å²) in [5, 5.41) is 5.24. The van der Waals surface area contributed by atoms with Crippen molar-refractivity contribution in [1.82, 2.24) is 0 Å². The van der Waals surface area contributed by atoms with Gasteiger partial charge in [-0.15, -0.1) is 0 Å². The number of carbonyl (C=O) groups is 3. The van der Waals surface area contributed by atoms with Crippen LogP contribution in [-0.2, 0) is 24.5 Å². The Balaban J connectivity index is 1.83. The van der Waals surface area contributed by atoms with Gasteiger partial charge in [0.25, 0.3) is 5.91 Å². The van der Waals surface area contributed by atoms with Crippen LogP contribution < -0.4 is 15.4 Å². The third-order valence-electron chi connectivity index (χ3n) is 4.18. The maximum Gasteiger partial charge on any atom is 0.347 e. The molecule has 0 aromatic heterocycles. The fourth-order valence-corrected chi connectivity index (χ4v) is 2.61. The largest absolute Gasteiger partial charge is 0.479 e. The average molecular weight is 412 g/mol. The number of benzene rings is 2. The molecule has 2 N–H and O–H groups in total. The Hall–Kier alpha value is -3.35. The number of hydrogen-bond acceptors (Lipinski definition) is 5. The van der Waals surface area contributed by atoms with E-state index < -0.39 is 24.6 Å². The number of rotatable bonds is 7. The van der Waals surface area contributed by atoms with Crippen LogP contribution in [0.15, 0.2) is 48.5 Å². The number of esters is 1. The van der Waals surface area contributed by atoms with Crippen LogP contribution in [0.4, 0.5) is 11.4 Å².